The van der Waals surface area contributed by atoms with E-state index in [1.807, 2.05) is 0 Å². The van der Waals surface area contributed by atoms with E-state index in [2.05, 4.69) is 27.3 Å². The number of rotatable bonds is 11. The molecule has 0 unspecified atom stereocenters. The second kappa shape index (κ2) is 11.9. The lowest BCUT2D eigenvalue weighted by molar-refractivity contribution is -0.133. The van der Waals surface area contributed by atoms with Crippen LogP contribution in [0.5, 0.6) is 0 Å². The van der Waals surface area contributed by atoms with Crippen LogP contribution in [0.2, 0.25) is 0 Å². The fraction of sp³-hybridized carbons (Fsp3) is 0.773. The zero-order valence-corrected chi connectivity index (χ0v) is 18.1. The summed E-state index contributed by atoms with van der Waals surface area (Å²) in [5, 5.41) is 2.11. The number of hydrogen-bond donors (Lipinski definition) is 0. The van der Waals surface area contributed by atoms with E-state index in [4.69, 9.17) is 9.47 Å². The molecule has 3 rings (SSSR count). The van der Waals surface area contributed by atoms with E-state index in [0.717, 1.165) is 71.6 Å². The van der Waals surface area contributed by atoms with Crippen molar-refractivity contribution in [2.45, 2.75) is 51.0 Å². The maximum Gasteiger partial charge on any atom is 0.222 e. The summed E-state index contributed by atoms with van der Waals surface area (Å²) in [6, 6.07) is 4.25. The van der Waals surface area contributed by atoms with Gasteiger partial charge in [0.1, 0.15) is 0 Å². The molecule has 5 nitrogen and oxygen atoms in total. The van der Waals surface area contributed by atoms with Gasteiger partial charge in [-0.25, -0.2) is 0 Å². The minimum atomic E-state index is 0.239. The van der Waals surface area contributed by atoms with Crippen molar-refractivity contribution >= 4 is 17.2 Å². The smallest absolute Gasteiger partial charge is 0.222 e. The molecule has 28 heavy (non-hydrogen) atoms. The minimum Gasteiger partial charge on any atom is -0.383 e. The van der Waals surface area contributed by atoms with Crippen molar-refractivity contribution in [3.63, 3.8) is 0 Å². The van der Waals surface area contributed by atoms with Crippen molar-refractivity contribution in [3.05, 3.63) is 22.4 Å². The molecule has 2 aliphatic rings. The van der Waals surface area contributed by atoms with E-state index >= 15 is 0 Å². The van der Waals surface area contributed by atoms with Crippen LogP contribution in [-0.4, -0.2) is 74.9 Å². The summed E-state index contributed by atoms with van der Waals surface area (Å²) in [4.78, 5) is 19.0. The van der Waals surface area contributed by atoms with Crippen LogP contribution in [0.1, 0.15) is 43.4 Å². The van der Waals surface area contributed by atoms with Crippen molar-refractivity contribution in [1.82, 2.24) is 9.80 Å². The van der Waals surface area contributed by atoms with Crippen LogP contribution in [0.15, 0.2) is 17.5 Å². The molecule has 1 aromatic rings. The number of hydrogen-bond acceptors (Lipinski definition) is 5. The minimum absolute atomic E-state index is 0.239. The molecule has 1 aromatic heterocycles. The van der Waals surface area contributed by atoms with Gasteiger partial charge < -0.3 is 19.3 Å². The molecule has 1 atom stereocenters. The van der Waals surface area contributed by atoms with E-state index in [1.54, 1.807) is 18.4 Å². The summed E-state index contributed by atoms with van der Waals surface area (Å²) in [5.41, 5.74) is 0. The van der Waals surface area contributed by atoms with Gasteiger partial charge in [0.25, 0.3) is 0 Å². The van der Waals surface area contributed by atoms with Gasteiger partial charge in [-0.1, -0.05) is 6.07 Å². The molecule has 1 amide bonds. The van der Waals surface area contributed by atoms with Gasteiger partial charge in [0, 0.05) is 44.6 Å². The predicted octanol–water partition coefficient (Wildman–Crippen LogP) is 3.44. The number of likely N-dealkylation sites (tertiary alicyclic amines) is 1. The van der Waals surface area contributed by atoms with Crippen LogP contribution in [-0.2, 0) is 20.7 Å². The average molecular weight is 409 g/mol. The molecule has 0 bridgehead atoms. The van der Waals surface area contributed by atoms with Gasteiger partial charge in [0.05, 0.1) is 12.7 Å². The molecule has 0 aliphatic carbocycles. The third kappa shape index (κ3) is 7.14. The lowest BCUT2D eigenvalue weighted by atomic mass is 9.95. The molecule has 0 aromatic carbocycles. The molecule has 0 spiro atoms. The first-order chi connectivity index (χ1) is 13.7. The third-order valence-electron chi connectivity index (χ3n) is 5.99. The van der Waals surface area contributed by atoms with Crippen molar-refractivity contribution in [3.8, 4) is 0 Å². The van der Waals surface area contributed by atoms with Crippen molar-refractivity contribution in [1.29, 1.82) is 0 Å². The van der Waals surface area contributed by atoms with Gasteiger partial charge in [-0.3, -0.25) is 4.79 Å². The zero-order chi connectivity index (χ0) is 19.6. The highest BCUT2D eigenvalue weighted by atomic mass is 32.1. The number of thiophene rings is 1. The van der Waals surface area contributed by atoms with Crippen LogP contribution in [0.3, 0.4) is 0 Å². The molecular formula is C22H36N2O3S. The van der Waals surface area contributed by atoms with Crippen LogP contribution >= 0.6 is 11.3 Å². The molecular weight excluding hydrogens is 372 g/mol. The molecule has 158 valence electrons. The van der Waals surface area contributed by atoms with Crippen molar-refractivity contribution in [2.75, 3.05) is 53.0 Å². The Bertz CT molecular complexity index is 552. The maximum absolute atomic E-state index is 13.0. The van der Waals surface area contributed by atoms with Gasteiger partial charge in [-0.05, 0) is 69.0 Å². The van der Waals surface area contributed by atoms with Crippen LogP contribution in [0, 0.1) is 5.92 Å². The summed E-state index contributed by atoms with van der Waals surface area (Å²) in [6.07, 6.45) is 7.41. The van der Waals surface area contributed by atoms with E-state index in [9.17, 15) is 4.79 Å². The molecule has 0 radical (unpaired) electrons. The third-order valence-corrected chi connectivity index (χ3v) is 6.93. The molecule has 2 aliphatic heterocycles. The Labute approximate surface area is 174 Å². The molecule has 0 saturated carbocycles. The van der Waals surface area contributed by atoms with Crippen LogP contribution < -0.4 is 0 Å². The summed E-state index contributed by atoms with van der Waals surface area (Å²) in [5.74, 6) is 0.926. The number of aryl methyl sites for hydroxylation is 1. The first-order valence-electron chi connectivity index (χ1n) is 10.9. The summed E-state index contributed by atoms with van der Waals surface area (Å²) >= 11 is 1.78. The van der Waals surface area contributed by atoms with E-state index < -0.39 is 0 Å². The van der Waals surface area contributed by atoms with E-state index in [-0.39, 0.29) is 6.10 Å². The Morgan fingerprint density at radius 3 is 2.86 bits per heavy atom. The summed E-state index contributed by atoms with van der Waals surface area (Å²) in [7, 11) is 1.76. The lowest BCUT2D eigenvalue weighted by Crippen LogP contribution is -2.44. The topological polar surface area (TPSA) is 42.0 Å². The standard InChI is InChI=1S/C22H36N2O3S/c1-26-15-13-23-11-9-19(10-12-23)17-24(18-20-5-3-14-27-20)22(25)8-2-6-21-7-4-16-28-21/h4,7,16,19-20H,2-3,5-6,8-15,17-18H2,1H3/t20-/m0/s1. The van der Waals surface area contributed by atoms with Gasteiger partial charge in [-0.15, -0.1) is 11.3 Å². The monoisotopic (exact) mass is 408 g/mol. The average Bonchev–Trinajstić information content (AvgIpc) is 3.41. The Balaban J connectivity index is 1.46. The summed E-state index contributed by atoms with van der Waals surface area (Å²) < 4.78 is 11.0. The van der Waals surface area contributed by atoms with Gasteiger partial charge in [-0.2, -0.15) is 0 Å². The second-order valence-electron chi connectivity index (χ2n) is 8.14. The van der Waals surface area contributed by atoms with Gasteiger partial charge in [0.2, 0.25) is 5.91 Å². The highest BCUT2D eigenvalue weighted by molar-refractivity contribution is 7.09. The number of carbonyl (C=O) groups excluding carboxylic acids is 1. The van der Waals surface area contributed by atoms with E-state index in [1.165, 1.54) is 17.7 Å². The first kappa shape index (κ1) is 21.8. The zero-order valence-electron chi connectivity index (χ0n) is 17.3. The largest absolute Gasteiger partial charge is 0.383 e. The van der Waals surface area contributed by atoms with Crippen LogP contribution in [0.4, 0.5) is 0 Å². The number of ether oxygens (including phenoxy) is 2. The molecule has 0 N–H and O–H groups in total. The number of nitrogens with zero attached hydrogens (tertiary/aromatic N) is 2. The molecule has 3 heterocycles. The van der Waals surface area contributed by atoms with E-state index in [0.29, 0.717) is 18.2 Å². The Morgan fingerprint density at radius 2 is 2.18 bits per heavy atom. The fourth-order valence-corrected chi connectivity index (χ4v) is 5.02. The number of carbonyl (C=O) groups is 1. The number of piperidine rings is 1. The van der Waals surface area contributed by atoms with Crippen molar-refractivity contribution in [2.24, 2.45) is 5.92 Å². The highest BCUT2D eigenvalue weighted by Crippen LogP contribution is 2.21. The fourth-order valence-electron chi connectivity index (χ4n) is 4.26. The number of methoxy groups -OCH3 is 1. The molecule has 2 fully saturated rings. The molecule has 6 heteroatoms. The Morgan fingerprint density at radius 1 is 1.32 bits per heavy atom. The van der Waals surface area contributed by atoms with Crippen LogP contribution in [0.25, 0.3) is 0 Å². The SMILES string of the molecule is COCCN1CCC(CN(C[C@@H]2CCCO2)C(=O)CCCc2cccs2)CC1. The second-order valence-corrected chi connectivity index (χ2v) is 9.18. The lowest BCUT2D eigenvalue weighted by Gasteiger charge is -2.35. The Kier molecular flexibility index (Phi) is 9.25. The number of amides is 1. The predicted molar refractivity (Wildman–Crippen MR) is 114 cm³/mol. The highest BCUT2D eigenvalue weighted by Gasteiger charge is 2.27. The normalized spacial score (nSPS) is 21.2. The maximum atomic E-state index is 13.0. The van der Waals surface area contributed by atoms with Gasteiger partial charge >= 0.3 is 0 Å². The summed E-state index contributed by atoms with van der Waals surface area (Å²) in [6.45, 7) is 6.59. The molecule has 2 saturated heterocycles. The Hall–Kier alpha value is -0.950. The first-order valence-corrected chi connectivity index (χ1v) is 11.8. The van der Waals surface area contributed by atoms with Crippen molar-refractivity contribution < 1.29 is 14.3 Å². The quantitative estimate of drug-likeness (QED) is 0.563. The van der Waals surface area contributed by atoms with Gasteiger partial charge in [0.15, 0.2) is 0 Å².